The summed E-state index contributed by atoms with van der Waals surface area (Å²) < 4.78 is 18.9. The summed E-state index contributed by atoms with van der Waals surface area (Å²) in [6, 6.07) is 12.7. The average Bonchev–Trinajstić information content (AvgIpc) is 3.38. The summed E-state index contributed by atoms with van der Waals surface area (Å²) in [4.78, 5) is 28.1. The van der Waals surface area contributed by atoms with Gasteiger partial charge in [-0.1, -0.05) is 6.07 Å². The third-order valence-electron chi connectivity index (χ3n) is 6.44. The molecule has 0 atom stereocenters. The number of halogens is 1. The van der Waals surface area contributed by atoms with E-state index < -0.39 is 5.82 Å². The fourth-order valence-electron chi connectivity index (χ4n) is 4.50. The van der Waals surface area contributed by atoms with E-state index in [9.17, 15) is 9.18 Å². The second-order valence-corrected chi connectivity index (χ2v) is 9.08. The van der Waals surface area contributed by atoms with Gasteiger partial charge in [0.05, 0.1) is 42.5 Å². The highest BCUT2D eigenvalue weighted by Crippen LogP contribution is 2.27. The molecule has 0 unspecified atom stereocenters. The zero-order valence-electron chi connectivity index (χ0n) is 20.4. The van der Waals surface area contributed by atoms with Crippen LogP contribution in [0.5, 0.6) is 0 Å². The van der Waals surface area contributed by atoms with Crippen LogP contribution in [-0.4, -0.2) is 62.3 Å². The van der Waals surface area contributed by atoms with Gasteiger partial charge in [-0.2, -0.15) is 5.10 Å². The maximum absolute atomic E-state index is 13.5. The van der Waals surface area contributed by atoms with E-state index in [-0.39, 0.29) is 11.6 Å². The summed E-state index contributed by atoms with van der Waals surface area (Å²) in [5, 5.41) is 10.7. The number of carbonyl (C=O) groups excluding carboxylic acids is 1. The average molecular weight is 510 g/mol. The minimum Gasteiger partial charge on any atom is -0.379 e. The van der Waals surface area contributed by atoms with Crippen LogP contribution < -0.4 is 5.32 Å². The number of aromatic amines is 1. The van der Waals surface area contributed by atoms with E-state index in [0.717, 1.165) is 61.3 Å². The lowest BCUT2D eigenvalue weighted by Gasteiger charge is -2.26. The number of fused-ring (bicyclic) bond motifs is 1. The molecule has 1 saturated heterocycles. The highest BCUT2D eigenvalue weighted by atomic mass is 19.1. The van der Waals surface area contributed by atoms with Crippen LogP contribution in [0.4, 0.5) is 10.1 Å². The number of hydrogen-bond donors (Lipinski definition) is 2. The van der Waals surface area contributed by atoms with Gasteiger partial charge < -0.3 is 10.1 Å². The predicted octanol–water partition coefficient (Wildman–Crippen LogP) is 4.31. The van der Waals surface area contributed by atoms with E-state index in [2.05, 4.69) is 41.4 Å². The van der Waals surface area contributed by atoms with Gasteiger partial charge in [-0.3, -0.25) is 29.7 Å². The van der Waals surface area contributed by atoms with Crippen molar-refractivity contribution in [2.24, 2.45) is 0 Å². The molecule has 1 aliphatic heterocycles. The van der Waals surface area contributed by atoms with Crippen LogP contribution in [0.2, 0.25) is 0 Å². The van der Waals surface area contributed by atoms with Gasteiger partial charge in [-0.05, 0) is 47.5 Å². The Morgan fingerprint density at radius 3 is 2.61 bits per heavy atom. The van der Waals surface area contributed by atoms with Crippen LogP contribution >= 0.6 is 0 Å². The predicted molar refractivity (Wildman–Crippen MR) is 141 cm³/mol. The van der Waals surface area contributed by atoms with Crippen molar-refractivity contribution in [2.45, 2.75) is 6.54 Å². The smallest absolute Gasteiger partial charge is 0.276 e. The van der Waals surface area contributed by atoms with Gasteiger partial charge in [0.1, 0.15) is 5.82 Å². The Balaban J connectivity index is 1.21. The highest BCUT2D eigenvalue weighted by molar-refractivity contribution is 6.11. The first kappa shape index (κ1) is 23.8. The number of nitrogens with zero attached hydrogens (tertiary/aromatic N) is 5. The number of nitrogens with one attached hydrogen (secondary N) is 2. The molecule has 190 valence electrons. The third kappa shape index (κ3) is 5.13. The fraction of sp³-hybridized carbons (Fsp3) is 0.179. The second-order valence-electron chi connectivity index (χ2n) is 9.08. The van der Waals surface area contributed by atoms with Crippen molar-refractivity contribution in [3.05, 3.63) is 90.5 Å². The molecule has 0 spiro atoms. The fourth-order valence-corrected chi connectivity index (χ4v) is 4.50. The van der Waals surface area contributed by atoms with Crippen LogP contribution in [0.3, 0.4) is 0 Å². The molecular formula is C28H24FN7O2. The first-order valence-corrected chi connectivity index (χ1v) is 12.2. The van der Waals surface area contributed by atoms with E-state index >= 15 is 0 Å². The molecule has 0 bridgehead atoms. The molecule has 1 aliphatic rings. The summed E-state index contributed by atoms with van der Waals surface area (Å²) in [7, 11) is 0. The molecule has 0 saturated carbocycles. The van der Waals surface area contributed by atoms with Gasteiger partial charge in [0, 0.05) is 54.7 Å². The van der Waals surface area contributed by atoms with E-state index in [1.165, 1.54) is 18.5 Å². The highest BCUT2D eigenvalue weighted by Gasteiger charge is 2.16. The number of rotatable bonds is 6. The largest absolute Gasteiger partial charge is 0.379 e. The Labute approximate surface area is 217 Å². The van der Waals surface area contributed by atoms with Crippen molar-refractivity contribution >= 4 is 22.5 Å². The Kier molecular flexibility index (Phi) is 6.55. The van der Waals surface area contributed by atoms with Crippen molar-refractivity contribution in [1.82, 2.24) is 30.0 Å². The SMILES string of the molecule is O=C(Nc1ccc(-c2cncc(F)c2)nc1)c1n[nH]c2ccc(-c3cncc(CN4CCOCC4)c3)cc12. The van der Waals surface area contributed by atoms with Crippen molar-refractivity contribution in [3.8, 4) is 22.4 Å². The minimum atomic E-state index is -0.439. The summed E-state index contributed by atoms with van der Waals surface area (Å²) in [6.45, 7) is 4.13. The number of amides is 1. The number of aromatic nitrogens is 5. The molecule has 1 amide bonds. The number of ether oxygens (including phenoxy) is 1. The van der Waals surface area contributed by atoms with E-state index in [0.29, 0.717) is 22.3 Å². The van der Waals surface area contributed by atoms with Crippen LogP contribution in [0, 0.1) is 5.82 Å². The number of benzene rings is 1. The Morgan fingerprint density at radius 2 is 1.79 bits per heavy atom. The normalized spacial score (nSPS) is 14.0. The maximum atomic E-state index is 13.5. The molecule has 0 aliphatic carbocycles. The summed E-state index contributed by atoms with van der Waals surface area (Å²) >= 11 is 0. The molecule has 1 aromatic carbocycles. The lowest BCUT2D eigenvalue weighted by molar-refractivity contribution is 0.0341. The van der Waals surface area contributed by atoms with Crippen LogP contribution in [0.25, 0.3) is 33.3 Å². The molecule has 9 nitrogen and oxygen atoms in total. The first-order chi connectivity index (χ1) is 18.6. The number of carbonyl (C=O) groups is 1. The molecule has 4 aromatic heterocycles. The van der Waals surface area contributed by atoms with Crippen molar-refractivity contribution in [3.63, 3.8) is 0 Å². The number of pyridine rings is 3. The quantitative estimate of drug-likeness (QED) is 0.351. The van der Waals surface area contributed by atoms with Crippen molar-refractivity contribution < 1.29 is 13.9 Å². The summed E-state index contributed by atoms with van der Waals surface area (Å²) in [5.74, 6) is -0.805. The van der Waals surface area contributed by atoms with Crippen molar-refractivity contribution in [2.75, 3.05) is 31.6 Å². The zero-order chi connectivity index (χ0) is 25.9. The first-order valence-electron chi connectivity index (χ1n) is 12.2. The minimum absolute atomic E-state index is 0.276. The standard InChI is InChI=1S/C28H24FN7O2/c29-22-10-21(14-31-15-22)25-4-2-23(16-32-25)33-28(37)27-24-11-19(1-3-26(24)34-35-27)20-9-18(12-30-13-20)17-36-5-7-38-8-6-36/h1-4,9-16H,5-8,17H2,(H,33,37)(H,34,35). The number of hydrogen-bond acceptors (Lipinski definition) is 7. The number of H-pyrrole nitrogens is 1. The van der Waals surface area contributed by atoms with Crippen molar-refractivity contribution in [1.29, 1.82) is 0 Å². The molecule has 0 radical (unpaired) electrons. The Morgan fingerprint density at radius 1 is 0.947 bits per heavy atom. The molecule has 10 heteroatoms. The van der Waals surface area contributed by atoms with E-state index in [4.69, 9.17) is 4.74 Å². The molecule has 5 aromatic rings. The van der Waals surface area contributed by atoms with Crippen LogP contribution in [0.15, 0.2) is 73.4 Å². The monoisotopic (exact) mass is 509 g/mol. The van der Waals surface area contributed by atoms with Gasteiger partial charge in [-0.25, -0.2) is 4.39 Å². The Bertz CT molecular complexity index is 1600. The lowest BCUT2D eigenvalue weighted by atomic mass is 10.0. The molecule has 1 fully saturated rings. The molecule has 5 heterocycles. The number of morpholine rings is 1. The summed E-state index contributed by atoms with van der Waals surface area (Å²) in [5.41, 5.74) is 5.67. The molecule has 38 heavy (non-hydrogen) atoms. The van der Waals surface area contributed by atoms with Crippen LogP contribution in [0.1, 0.15) is 16.1 Å². The topological polar surface area (TPSA) is 109 Å². The van der Waals surface area contributed by atoms with Gasteiger partial charge >= 0.3 is 0 Å². The van der Waals surface area contributed by atoms with Gasteiger partial charge in [0.15, 0.2) is 5.69 Å². The van der Waals surface area contributed by atoms with E-state index in [1.54, 1.807) is 12.1 Å². The van der Waals surface area contributed by atoms with Gasteiger partial charge in [0.2, 0.25) is 0 Å². The Hall–Kier alpha value is -4.54. The van der Waals surface area contributed by atoms with Crippen LogP contribution in [-0.2, 0) is 11.3 Å². The summed E-state index contributed by atoms with van der Waals surface area (Å²) in [6.07, 6.45) is 7.90. The lowest BCUT2D eigenvalue weighted by Crippen LogP contribution is -2.35. The van der Waals surface area contributed by atoms with E-state index in [1.807, 2.05) is 30.6 Å². The molecular weight excluding hydrogens is 485 g/mol. The maximum Gasteiger partial charge on any atom is 0.276 e. The number of anilines is 1. The molecule has 2 N–H and O–H groups in total. The molecule has 6 rings (SSSR count). The zero-order valence-corrected chi connectivity index (χ0v) is 20.4. The third-order valence-corrected chi connectivity index (χ3v) is 6.44. The second kappa shape index (κ2) is 10.4. The van der Waals surface area contributed by atoms with Gasteiger partial charge in [-0.15, -0.1) is 0 Å². The van der Waals surface area contributed by atoms with Gasteiger partial charge in [0.25, 0.3) is 5.91 Å².